The number of Topliss-reactive ketones (excluding diaryl/α,β-unsaturated/α-hetero) is 1. The van der Waals surface area contributed by atoms with Crippen LogP contribution in [-0.2, 0) is 11.3 Å². The second kappa shape index (κ2) is 7.62. The maximum Gasteiger partial charge on any atom is 0.157 e. The number of nitrogens with zero attached hydrogens (tertiary/aromatic N) is 3. The molecule has 0 saturated heterocycles. The minimum absolute atomic E-state index is 0.108. The molecule has 4 saturated carbocycles. The van der Waals surface area contributed by atoms with Crippen LogP contribution in [0.2, 0.25) is 0 Å². The molecule has 184 valence electrons. The van der Waals surface area contributed by atoms with E-state index in [1.807, 2.05) is 30.1 Å². The third-order valence-electron chi connectivity index (χ3n) is 11.5. The van der Waals surface area contributed by atoms with Gasteiger partial charge < -0.3 is 5.11 Å². The van der Waals surface area contributed by atoms with Crippen LogP contribution in [-0.4, -0.2) is 31.3 Å². The Kier molecular flexibility index (Phi) is 5.09. The summed E-state index contributed by atoms with van der Waals surface area (Å²) < 4.78 is 1.86. The Bertz CT molecular complexity index is 1110. The van der Waals surface area contributed by atoms with Crippen LogP contribution in [0.4, 0.5) is 0 Å². The molecule has 34 heavy (non-hydrogen) atoms. The smallest absolute Gasteiger partial charge is 0.157 e. The third-order valence-corrected chi connectivity index (χ3v) is 11.5. The zero-order valence-electron chi connectivity index (χ0n) is 21.3. The van der Waals surface area contributed by atoms with Crippen molar-refractivity contribution in [2.45, 2.75) is 91.2 Å². The van der Waals surface area contributed by atoms with Gasteiger partial charge in [-0.2, -0.15) is 5.10 Å². The molecule has 2 aromatic heterocycles. The first-order valence-electron chi connectivity index (χ1n) is 13.6. The van der Waals surface area contributed by atoms with Gasteiger partial charge in [0.25, 0.3) is 0 Å². The maximum atomic E-state index is 13.7. The van der Waals surface area contributed by atoms with Gasteiger partial charge in [-0.15, -0.1) is 0 Å². The lowest BCUT2D eigenvalue weighted by Gasteiger charge is -2.63. The molecule has 5 nitrogen and oxygen atoms in total. The number of pyridine rings is 1. The van der Waals surface area contributed by atoms with Gasteiger partial charge in [-0.05, 0) is 105 Å². The summed E-state index contributed by atoms with van der Waals surface area (Å²) in [6.45, 7) is 9.88. The van der Waals surface area contributed by atoms with E-state index >= 15 is 0 Å². The predicted octanol–water partition coefficient (Wildman–Crippen LogP) is 5.66. The first-order valence-corrected chi connectivity index (χ1v) is 13.6. The third kappa shape index (κ3) is 3.25. The molecule has 0 aromatic carbocycles. The van der Waals surface area contributed by atoms with Crippen molar-refractivity contribution in [3.8, 4) is 0 Å². The molecule has 4 fully saturated rings. The Balaban J connectivity index is 1.25. The number of hydrogen-bond donors (Lipinski definition) is 1. The second-order valence-corrected chi connectivity index (χ2v) is 13.3. The summed E-state index contributed by atoms with van der Waals surface area (Å²) in [5.74, 6) is 3.92. The van der Waals surface area contributed by atoms with Gasteiger partial charge in [0.05, 0.1) is 23.5 Å². The standard InChI is InChI=1S/C29H41N3O2/c1-18-13-20-14-27(2,34)10-11-28(20,3)23-7-9-29(4)21(5-6-22(29)26(18)23)25(33)17-32-24-16-30-12-8-19(24)15-31-32/h8,12,15-16,18,20-23,26,34H,5-7,9-11,13-14,17H2,1-4H3/t18-,20-,21+,22-,23-,26-,27+,28-,29+/m0/s1. The highest BCUT2D eigenvalue weighted by molar-refractivity contribution is 5.84. The number of carbonyl (C=O) groups is 1. The predicted molar refractivity (Wildman–Crippen MR) is 133 cm³/mol. The molecule has 4 aliphatic rings. The van der Waals surface area contributed by atoms with Gasteiger partial charge in [0, 0.05) is 17.5 Å². The van der Waals surface area contributed by atoms with Crippen molar-refractivity contribution < 1.29 is 9.90 Å². The molecule has 6 rings (SSSR count). The summed E-state index contributed by atoms with van der Waals surface area (Å²) in [5.41, 5.74) is 0.921. The monoisotopic (exact) mass is 463 g/mol. The highest BCUT2D eigenvalue weighted by Gasteiger charge is 2.63. The fraction of sp³-hybridized carbons (Fsp3) is 0.759. The average Bonchev–Trinajstić information content (AvgIpc) is 3.35. The van der Waals surface area contributed by atoms with E-state index in [4.69, 9.17) is 0 Å². The topological polar surface area (TPSA) is 68.0 Å². The minimum Gasteiger partial charge on any atom is -0.390 e. The SMILES string of the molecule is C[C@H]1C[C@H]2C[C@](C)(O)CC[C@]2(C)[C@H]2CC[C@]3(C)[C@@H](C(=O)Cn4ncc5ccncc54)CC[C@H]3[C@H]12. The minimum atomic E-state index is -0.489. The lowest BCUT2D eigenvalue weighted by Crippen LogP contribution is -2.58. The van der Waals surface area contributed by atoms with Gasteiger partial charge in [-0.3, -0.25) is 14.5 Å². The van der Waals surface area contributed by atoms with Crippen LogP contribution in [0.25, 0.3) is 10.9 Å². The van der Waals surface area contributed by atoms with Crippen LogP contribution in [0.3, 0.4) is 0 Å². The van der Waals surface area contributed by atoms with Crippen LogP contribution < -0.4 is 0 Å². The van der Waals surface area contributed by atoms with Crippen molar-refractivity contribution in [2.75, 3.05) is 0 Å². The van der Waals surface area contributed by atoms with Gasteiger partial charge in [0.1, 0.15) is 6.54 Å². The molecule has 4 aliphatic carbocycles. The zero-order valence-corrected chi connectivity index (χ0v) is 21.3. The first-order chi connectivity index (χ1) is 16.1. The lowest BCUT2D eigenvalue weighted by molar-refractivity contribution is -0.166. The van der Waals surface area contributed by atoms with Crippen molar-refractivity contribution in [3.63, 3.8) is 0 Å². The molecular formula is C29H41N3O2. The summed E-state index contributed by atoms with van der Waals surface area (Å²) in [4.78, 5) is 18.0. The largest absolute Gasteiger partial charge is 0.390 e. The Hall–Kier alpha value is -1.75. The molecule has 5 heteroatoms. The summed E-state index contributed by atoms with van der Waals surface area (Å²) in [6, 6.07) is 1.96. The molecule has 0 spiro atoms. The van der Waals surface area contributed by atoms with Crippen molar-refractivity contribution in [2.24, 2.45) is 46.3 Å². The van der Waals surface area contributed by atoms with Crippen LogP contribution in [0, 0.1) is 46.3 Å². The Morgan fingerprint density at radius 1 is 1.09 bits per heavy atom. The number of rotatable bonds is 3. The Labute approximate surface area is 203 Å². The van der Waals surface area contributed by atoms with E-state index in [-0.39, 0.29) is 11.3 Å². The maximum absolute atomic E-state index is 13.7. The van der Waals surface area contributed by atoms with Crippen molar-refractivity contribution in [1.82, 2.24) is 14.8 Å². The summed E-state index contributed by atoms with van der Waals surface area (Å²) in [7, 11) is 0. The van der Waals surface area contributed by atoms with E-state index in [1.165, 1.54) is 25.7 Å². The first kappa shape index (κ1) is 22.7. The molecule has 0 amide bonds. The number of aromatic nitrogens is 3. The Morgan fingerprint density at radius 3 is 2.71 bits per heavy atom. The molecule has 9 atom stereocenters. The van der Waals surface area contributed by atoms with E-state index in [0.717, 1.165) is 48.4 Å². The van der Waals surface area contributed by atoms with Gasteiger partial charge in [0.2, 0.25) is 0 Å². The summed E-state index contributed by atoms with van der Waals surface area (Å²) >= 11 is 0. The number of hydrogen-bond acceptors (Lipinski definition) is 4. The average molecular weight is 464 g/mol. The van der Waals surface area contributed by atoms with E-state index in [2.05, 4.69) is 30.9 Å². The zero-order chi connectivity index (χ0) is 23.9. The fourth-order valence-corrected chi connectivity index (χ4v) is 9.64. The molecule has 2 aromatic rings. The summed E-state index contributed by atoms with van der Waals surface area (Å²) in [5, 5.41) is 16.4. The van der Waals surface area contributed by atoms with Gasteiger partial charge in [0.15, 0.2) is 5.78 Å². The van der Waals surface area contributed by atoms with Crippen LogP contribution >= 0.6 is 0 Å². The van der Waals surface area contributed by atoms with Crippen LogP contribution in [0.5, 0.6) is 0 Å². The number of ketones is 1. The molecule has 0 unspecified atom stereocenters. The van der Waals surface area contributed by atoms with Crippen molar-refractivity contribution >= 4 is 16.7 Å². The van der Waals surface area contributed by atoms with Crippen molar-refractivity contribution in [3.05, 3.63) is 24.7 Å². The van der Waals surface area contributed by atoms with E-state index in [0.29, 0.717) is 35.5 Å². The molecular weight excluding hydrogens is 422 g/mol. The number of carbonyl (C=O) groups excluding carboxylic acids is 1. The highest BCUT2D eigenvalue weighted by atomic mass is 16.3. The van der Waals surface area contributed by atoms with Gasteiger partial charge in [-0.1, -0.05) is 20.8 Å². The van der Waals surface area contributed by atoms with E-state index in [1.54, 1.807) is 6.20 Å². The molecule has 2 heterocycles. The highest BCUT2D eigenvalue weighted by Crippen LogP contribution is 2.69. The normalized spacial score (nSPS) is 46.0. The van der Waals surface area contributed by atoms with Crippen LogP contribution in [0.1, 0.15) is 79.1 Å². The lowest BCUT2D eigenvalue weighted by atomic mass is 9.42. The molecule has 0 aliphatic heterocycles. The number of fused-ring (bicyclic) bond motifs is 6. The van der Waals surface area contributed by atoms with E-state index < -0.39 is 5.60 Å². The molecule has 1 N–H and O–H groups in total. The molecule has 0 radical (unpaired) electrons. The molecule has 0 bridgehead atoms. The summed E-state index contributed by atoms with van der Waals surface area (Å²) in [6.07, 6.45) is 14.4. The Morgan fingerprint density at radius 2 is 1.88 bits per heavy atom. The van der Waals surface area contributed by atoms with Crippen LogP contribution in [0.15, 0.2) is 24.7 Å². The second-order valence-electron chi connectivity index (χ2n) is 13.3. The fourth-order valence-electron chi connectivity index (χ4n) is 9.64. The van der Waals surface area contributed by atoms with Gasteiger partial charge >= 0.3 is 0 Å². The van der Waals surface area contributed by atoms with Gasteiger partial charge in [-0.25, -0.2) is 0 Å². The quantitative estimate of drug-likeness (QED) is 0.638. The van der Waals surface area contributed by atoms with Crippen molar-refractivity contribution in [1.29, 1.82) is 0 Å². The van der Waals surface area contributed by atoms with E-state index in [9.17, 15) is 9.90 Å². The number of aliphatic hydroxyl groups is 1.